The number of imidazole rings is 1. The maximum Gasteiger partial charge on any atom is 0.227 e. The Kier molecular flexibility index (Phi) is 4.95. The van der Waals surface area contributed by atoms with E-state index in [-0.39, 0.29) is 11.8 Å². The Morgan fingerprint density at radius 2 is 1.73 bits per heavy atom. The summed E-state index contributed by atoms with van der Waals surface area (Å²) in [6.07, 6.45) is 11.6. The molecule has 6 heterocycles. The smallest absolute Gasteiger partial charge is 0.227 e. The Hall–Kier alpha value is -4.99. The Labute approximate surface area is 210 Å². The highest BCUT2D eigenvalue weighted by molar-refractivity contribution is 5.95. The summed E-state index contributed by atoms with van der Waals surface area (Å²) in [6.45, 7) is 0. The molecule has 0 unspecified atom stereocenters. The lowest BCUT2D eigenvalue weighted by molar-refractivity contribution is -0.122. The number of anilines is 1. The summed E-state index contributed by atoms with van der Waals surface area (Å²) in [7, 11) is 0. The first kappa shape index (κ1) is 21.3. The van der Waals surface area contributed by atoms with Gasteiger partial charge in [0.25, 0.3) is 0 Å². The summed E-state index contributed by atoms with van der Waals surface area (Å²) >= 11 is 0. The van der Waals surface area contributed by atoms with Gasteiger partial charge in [-0.1, -0.05) is 6.42 Å². The van der Waals surface area contributed by atoms with Crippen molar-refractivity contribution in [2.24, 2.45) is 5.92 Å². The van der Waals surface area contributed by atoms with E-state index in [1.165, 1.54) is 0 Å². The van der Waals surface area contributed by atoms with Gasteiger partial charge in [0.05, 0.1) is 34.3 Å². The van der Waals surface area contributed by atoms with Crippen LogP contribution in [0.1, 0.15) is 19.3 Å². The van der Waals surface area contributed by atoms with Gasteiger partial charge in [-0.15, -0.1) is 0 Å². The lowest BCUT2D eigenvalue weighted by Gasteiger charge is -2.24. The predicted octanol–water partition coefficient (Wildman–Crippen LogP) is 4.76. The van der Waals surface area contributed by atoms with Crippen LogP contribution in [0.5, 0.6) is 0 Å². The molecule has 180 valence electrons. The highest BCUT2D eigenvalue weighted by Gasteiger charge is 2.25. The van der Waals surface area contributed by atoms with Crippen LogP contribution >= 0.6 is 0 Å². The minimum Gasteiger partial charge on any atom is -0.336 e. The molecule has 0 aliphatic heterocycles. The normalized spacial score (nSPS) is 13.6. The molecule has 1 amide bonds. The molecule has 0 saturated heterocycles. The van der Waals surface area contributed by atoms with E-state index in [1.54, 1.807) is 31.0 Å². The maximum absolute atomic E-state index is 12.4. The van der Waals surface area contributed by atoms with E-state index >= 15 is 0 Å². The van der Waals surface area contributed by atoms with Gasteiger partial charge in [0.15, 0.2) is 11.5 Å². The van der Waals surface area contributed by atoms with Crippen LogP contribution in [0.4, 0.5) is 5.69 Å². The molecule has 1 saturated carbocycles. The molecule has 10 heteroatoms. The van der Waals surface area contributed by atoms with Crippen LogP contribution in [0, 0.1) is 5.92 Å². The molecule has 1 aliphatic rings. The molecule has 3 N–H and O–H groups in total. The van der Waals surface area contributed by atoms with E-state index in [9.17, 15) is 4.79 Å². The van der Waals surface area contributed by atoms with Crippen molar-refractivity contribution in [1.82, 2.24) is 40.1 Å². The van der Waals surface area contributed by atoms with Gasteiger partial charge in [-0.05, 0) is 49.2 Å². The summed E-state index contributed by atoms with van der Waals surface area (Å²) in [5.74, 6) is 0.745. The van der Waals surface area contributed by atoms with Crippen LogP contribution in [0.25, 0.3) is 56.1 Å². The maximum atomic E-state index is 12.4. The number of amides is 1. The first-order chi connectivity index (χ1) is 18.2. The Balaban J connectivity index is 1.26. The molecule has 10 nitrogen and oxygen atoms in total. The highest BCUT2D eigenvalue weighted by Crippen LogP contribution is 2.31. The molecule has 1 fully saturated rings. The minimum absolute atomic E-state index is 0.0521. The SMILES string of the molecule is O=C(Nc1cncc(-c2ccc3[nH]nc(-c4nc5c(-c6ccncc6)nccc5[nH]4)c3n2)c1)C1CCC1. The third-order valence-electron chi connectivity index (χ3n) is 6.76. The number of hydrogen-bond acceptors (Lipinski definition) is 7. The number of aromatic nitrogens is 8. The molecule has 37 heavy (non-hydrogen) atoms. The Morgan fingerprint density at radius 1 is 0.865 bits per heavy atom. The van der Waals surface area contributed by atoms with Gasteiger partial charge in [0.2, 0.25) is 5.91 Å². The second-order valence-electron chi connectivity index (χ2n) is 9.12. The van der Waals surface area contributed by atoms with E-state index in [1.807, 2.05) is 36.4 Å². The first-order valence-electron chi connectivity index (χ1n) is 12.1. The number of pyridine rings is 4. The summed E-state index contributed by atoms with van der Waals surface area (Å²) < 4.78 is 0. The van der Waals surface area contributed by atoms with Crippen molar-refractivity contribution in [3.63, 3.8) is 0 Å². The average Bonchev–Trinajstić information content (AvgIpc) is 3.52. The molecule has 0 radical (unpaired) electrons. The molecular weight excluding hydrogens is 466 g/mol. The zero-order valence-electron chi connectivity index (χ0n) is 19.6. The highest BCUT2D eigenvalue weighted by atomic mass is 16.1. The van der Waals surface area contributed by atoms with Crippen LogP contribution in [-0.2, 0) is 4.79 Å². The largest absolute Gasteiger partial charge is 0.336 e. The number of carbonyl (C=O) groups excluding carboxylic acids is 1. The molecule has 0 bridgehead atoms. The van der Waals surface area contributed by atoms with E-state index in [2.05, 4.69) is 35.5 Å². The van der Waals surface area contributed by atoms with Crippen LogP contribution in [0.15, 0.2) is 67.4 Å². The van der Waals surface area contributed by atoms with Crippen molar-refractivity contribution in [3.05, 3.63) is 67.4 Å². The van der Waals surface area contributed by atoms with Gasteiger partial charge in [0, 0.05) is 41.8 Å². The Morgan fingerprint density at radius 3 is 2.57 bits per heavy atom. The van der Waals surface area contributed by atoms with Gasteiger partial charge in [-0.3, -0.25) is 24.8 Å². The third-order valence-corrected chi connectivity index (χ3v) is 6.76. The van der Waals surface area contributed by atoms with Crippen LogP contribution in [0.3, 0.4) is 0 Å². The van der Waals surface area contributed by atoms with Crippen molar-refractivity contribution in [3.8, 4) is 34.0 Å². The third kappa shape index (κ3) is 3.79. The molecule has 7 rings (SSSR count). The van der Waals surface area contributed by atoms with E-state index in [0.717, 1.165) is 58.3 Å². The van der Waals surface area contributed by atoms with Crippen LogP contribution in [-0.4, -0.2) is 46.0 Å². The van der Waals surface area contributed by atoms with Crippen molar-refractivity contribution < 1.29 is 4.79 Å². The van der Waals surface area contributed by atoms with Crippen LogP contribution in [0.2, 0.25) is 0 Å². The predicted molar refractivity (Wildman–Crippen MR) is 139 cm³/mol. The molecule has 0 spiro atoms. The number of nitrogens with zero attached hydrogens (tertiary/aromatic N) is 6. The zero-order chi connectivity index (χ0) is 24.8. The molecular formula is C27H21N9O. The van der Waals surface area contributed by atoms with Crippen molar-refractivity contribution >= 4 is 33.7 Å². The fraction of sp³-hybridized carbons (Fsp3) is 0.148. The van der Waals surface area contributed by atoms with E-state index in [0.29, 0.717) is 22.7 Å². The molecule has 1 aliphatic carbocycles. The summed E-state index contributed by atoms with van der Waals surface area (Å²) in [4.78, 5) is 38.4. The van der Waals surface area contributed by atoms with Gasteiger partial charge < -0.3 is 10.3 Å². The first-order valence-corrected chi connectivity index (χ1v) is 12.1. The molecule has 6 aromatic rings. The summed E-state index contributed by atoms with van der Waals surface area (Å²) in [6, 6.07) is 11.4. The fourth-order valence-electron chi connectivity index (χ4n) is 4.56. The second-order valence-corrected chi connectivity index (χ2v) is 9.12. The number of carbonyl (C=O) groups is 1. The topological polar surface area (TPSA) is 138 Å². The minimum atomic E-state index is 0.0521. The quantitative estimate of drug-likeness (QED) is 0.319. The lowest BCUT2D eigenvalue weighted by Crippen LogP contribution is -2.28. The molecule has 0 atom stereocenters. The number of hydrogen-bond donors (Lipinski definition) is 3. The van der Waals surface area contributed by atoms with Gasteiger partial charge >= 0.3 is 0 Å². The van der Waals surface area contributed by atoms with E-state index < -0.39 is 0 Å². The van der Waals surface area contributed by atoms with Crippen LogP contribution < -0.4 is 5.32 Å². The monoisotopic (exact) mass is 487 g/mol. The number of fused-ring (bicyclic) bond motifs is 2. The summed E-state index contributed by atoms with van der Waals surface area (Å²) in [5, 5.41) is 10.5. The summed E-state index contributed by atoms with van der Waals surface area (Å²) in [5.41, 5.74) is 7.55. The zero-order valence-corrected chi connectivity index (χ0v) is 19.6. The molecule has 0 aromatic carbocycles. The number of rotatable bonds is 5. The Bertz CT molecular complexity index is 1770. The van der Waals surface area contributed by atoms with Crippen molar-refractivity contribution in [1.29, 1.82) is 0 Å². The number of aromatic amines is 2. The molecule has 6 aromatic heterocycles. The van der Waals surface area contributed by atoms with Crippen molar-refractivity contribution in [2.75, 3.05) is 5.32 Å². The number of H-pyrrole nitrogens is 2. The standard InChI is InChI=1S/C27H21N9O/c37-27(16-2-1-3-16)31-18-12-17(13-29-14-18)19-4-5-21-24(32-19)25(36-35-21)26-33-20-8-11-30-22(23(20)34-26)15-6-9-28-10-7-15/h4-14,16H,1-3H2,(H,31,37)(H,33,34)(H,35,36). The lowest BCUT2D eigenvalue weighted by atomic mass is 9.85. The number of nitrogens with one attached hydrogen (secondary N) is 3. The van der Waals surface area contributed by atoms with E-state index in [4.69, 9.17) is 9.97 Å². The van der Waals surface area contributed by atoms with Gasteiger partial charge in [-0.25, -0.2) is 9.97 Å². The average molecular weight is 488 g/mol. The fourth-order valence-corrected chi connectivity index (χ4v) is 4.56. The van der Waals surface area contributed by atoms with Crippen molar-refractivity contribution in [2.45, 2.75) is 19.3 Å². The second kappa shape index (κ2) is 8.59. The van der Waals surface area contributed by atoms with Gasteiger partial charge in [0.1, 0.15) is 11.0 Å². The van der Waals surface area contributed by atoms with Gasteiger partial charge in [-0.2, -0.15) is 5.10 Å².